The first-order valence-corrected chi connectivity index (χ1v) is 4.63. The number of carboxylic acid groups (broad SMARTS) is 3. The van der Waals surface area contributed by atoms with Crippen LogP contribution in [0.25, 0.3) is 0 Å². The maximum Gasteiger partial charge on any atom is 0.372 e. The van der Waals surface area contributed by atoms with Gasteiger partial charge in [-0.05, 0) is 0 Å². The number of carboxylic acids is 3. The highest BCUT2D eigenvalue weighted by molar-refractivity contribution is 6.32. The molecule has 0 rings (SSSR count). The molecule has 0 bridgehead atoms. The maximum absolute atomic E-state index is 10.2. The van der Waals surface area contributed by atoms with Crippen molar-refractivity contribution in [2.45, 2.75) is 19.8 Å². The van der Waals surface area contributed by atoms with Crippen LogP contribution in [-0.4, -0.2) is 45.6 Å². The van der Waals surface area contributed by atoms with Gasteiger partial charge < -0.3 is 21.1 Å². The second-order valence-corrected chi connectivity index (χ2v) is 3.10. The van der Waals surface area contributed by atoms with Gasteiger partial charge in [-0.1, -0.05) is 6.92 Å². The molecule has 0 fully saturated rings. The van der Waals surface area contributed by atoms with Crippen molar-refractivity contribution >= 4 is 23.7 Å². The molecule has 1 atom stereocenters. The number of nitrogens with two attached hydrogens (primary N) is 1. The molecule has 8 heteroatoms. The largest absolute Gasteiger partial charge is 0.481 e. The zero-order valence-electron chi connectivity index (χ0n) is 9.25. The third-order valence-corrected chi connectivity index (χ3v) is 1.58. The molecule has 0 unspecified atom stereocenters. The minimum absolute atomic E-state index is 0.218. The molecule has 0 aliphatic carbocycles. The minimum Gasteiger partial charge on any atom is -0.481 e. The van der Waals surface area contributed by atoms with Gasteiger partial charge in [0.05, 0.1) is 12.3 Å². The van der Waals surface area contributed by atoms with Crippen molar-refractivity contribution in [2.75, 3.05) is 6.54 Å². The lowest BCUT2D eigenvalue weighted by molar-refractivity contribution is -0.149. The van der Waals surface area contributed by atoms with Crippen LogP contribution in [0, 0.1) is 5.92 Å². The third-order valence-electron chi connectivity index (χ3n) is 1.58. The molecule has 0 heterocycles. The summed E-state index contributed by atoms with van der Waals surface area (Å²) >= 11 is 0. The zero-order chi connectivity index (χ0) is 14.0. The Morgan fingerprint density at radius 1 is 1.06 bits per heavy atom. The van der Waals surface area contributed by atoms with Gasteiger partial charge in [0, 0.05) is 13.0 Å². The lowest BCUT2D eigenvalue weighted by atomic mass is 10.2. The zero-order valence-corrected chi connectivity index (χ0v) is 9.25. The lowest BCUT2D eigenvalue weighted by Gasteiger charge is -1.96. The van der Waals surface area contributed by atoms with Crippen LogP contribution in [0.2, 0.25) is 0 Å². The van der Waals surface area contributed by atoms with Crippen LogP contribution in [0.5, 0.6) is 0 Å². The van der Waals surface area contributed by atoms with Crippen LogP contribution >= 0.6 is 0 Å². The summed E-state index contributed by atoms with van der Waals surface area (Å²) in [6, 6.07) is 0. The minimum atomic E-state index is -1.58. The van der Waals surface area contributed by atoms with Crippen molar-refractivity contribution in [2.24, 2.45) is 11.7 Å². The highest BCUT2D eigenvalue weighted by Gasteiger charge is 2.12. The number of carbonyl (C=O) groups is 4. The van der Waals surface area contributed by atoms with E-state index >= 15 is 0 Å². The summed E-state index contributed by atoms with van der Waals surface area (Å²) in [5.74, 6) is -5.05. The quantitative estimate of drug-likeness (QED) is 0.444. The number of carbonyl (C=O) groups excluding carboxylic acids is 1. The molecule has 5 N–H and O–H groups in total. The van der Waals surface area contributed by atoms with Crippen molar-refractivity contribution in [3.05, 3.63) is 0 Å². The standard InChI is InChI=1S/C5H6O5.C4H9NO2/c6-3(5(9)10)1-2-4(7)8;1-3(2-5)4(6)7/h1-2H2,(H,7,8)(H,9,10);3H,2,5H2,1H3,(H,6,7)/t;3-/m.0/s1. The Labute approximate surface area is 97.0 Å². The van der Waals surface area contributed by atoms with Crippen LogP contribution < -0.4 is 5.73 Å². The second-order valence-electron chi connectivity index (χ2n) is 3.10. The first-order chi connectivity index (χ1) is 7.72. The van der Waals surface area contributed by atoms with E-state index in [2.05, 4.69) is 0 Å². The van der Waals surface area contributed by atoms with Crippen molar-refractivity contribution in [3.63, 3.8) is 0 Å². The Morgan fingerprint density at radius 2 is 1.53 bits per heavy atom. The molecule has 0 aromatic rings. The topological polar surface area (TPSA) is 155 Å². The van der Waals surface area contributed by atoms with Crippen LogP contribution in [-0.2, 0) is 19.2 Å². The maximum atomic E-state index is 10.2. The molecular formula is C9H15NO7. The summed E-state index contributed by atoms with van der Waals surface area (Å²) in [6.07, 6.45) is -0.865. The lowest BCUT2D eigenvalue weighted by Crippen LogP contribution is -2.19. The van der Waals surface area contributed by atoms with E-state index in [-0.39, 0.29) is 6.54 Å². The van der Waals surface area contributed by atoms with E-state index in [0.717, 1.165) is 0 Å². The summed E-state index contributed by atoms with van der Waals surface area (Å²) < 4.78 is 0. The monoisotopic (exact) mass is 249 g/mol. The molecule has 0 spiro atoms. The Hall–Kier alpha value is -1.96. The van der Waals surface area contributed by atoms with Gasteiger partial charge in [0.25, 0.3) is 0 Å². The van der Waals surface area contributed by atoms with Gasteiger partial charge in [-0.15, -0.1) is 0 Å². The third kappa shape index (κ3) is 12.0. The summed E-state index contributed by atoms with van der Waals surface area (Å²) in [5.41, 5.74) is 4.99. The fourth-order valence-corrected chi connectivity index (χ4v) is 0.428. The fraction of sp³-hybridized carbons (Fsp3) is 0.556. The average Bonchev–Trinajstić information content (AvgIpc) is 2.24. The molecule has 0 radical (unpaired) electrons. The van der Waals surface area contributed by atoms with E-state index in [1.165, 1.54) is 0 Å². The number of rotatable bonds is 6. The first kappa shape index (κ1) is 17.4. The van der Waals surface area contributed by atoms with E-state index in [1.807, 2.05) is 0 Å². The molecule has 0 amide bonds. The molecule has 0 saturated heterocycles. The Balaban J connectivity index is 0. The van der Waals surface area contributed by atoms with E-state index < -0.39 is 42.5 Å². The van der Waals surface area contributed by atoms with Crippen molar-refractivity contribution < 1.29 is 34.5 Å². The molecule has 0 aliphatic rings. The normalized spacial score (nSPS) is 10.7. The van der Waals surface area contributed by atoms with E-state index in [0.29, 0.717) is 0 Å². The number of aliphatic carboxylic acids is 3. The summed E-state index contributed by atoms with van der Waals surface area (Å²) in [5, 5.41) is 24.1. The second kappa shape index (κ2) is 9.28. The highest BCUT2D eigenvalue weighted by atomic mass is 16.4. The van der Waals surface area contributed by atoms with Gasteiger partial charge in [-0.2, -0.15) is 0 Å². The molecule has 0 aliphatic heterocycles. The molecule has 8 nitrogen and oxygen atoms in total. The molecule has 0 saturated carbocycles. The summed E-state index contributed by atoms with van der Waals surface area (Å²) in [6.45, 7) is 1.79. The van der Waals surface area contributed by atoms with E-state index in [9.17, 15) is 19.2 Å². The van der Waals surface area contributed by atoms with Crippen molar-refractivity contribution in [1.82, 2.24) is 0 Å². The number of Topliss-reactive ketones (excluding diaryl/α,β-unsaturated/α-hetero) is 1. The van der Waals surface area contributed by atoms with Gasteiger partial charge in [0.1, 0.15) is 0 Å². The Morgan fingerprint density at radius 3 is 1.71 bits per heavy atom. The van der Waals surface area contributed by atoms with Crippen molar-refractivity contribution in [3.8, 4) is 0 Å². The van der Waals surface area contributed by atoms with Crippen LogP contribution in [0.3, 0.4) is 0 Å². The number of ketones is 1. The SMILES string of the molecule is C[C@@H](CN)C(=O)O.O=C(O)CCC(=O)C(=O)O. The Bertz CT molecular complexity index is 300. The van der Waals surface area contributed by atoms with Crippen molar-refractivity contribution in [1.29, 1.82) is 0 Å². The average molecular weight is 249 g/mol. The van der Waals surface area contributed by atoms with Gasteiger partial charge in [-0.3, -0.25) is 14.4 Å². The van der Waals surface area contributed by atoms with Gasteiger partial charge in [-0.25, -0.2) is 4.79 Å². The molecular weight excluding hydrogens is 234 g/mol. The van der Waals surface area contributed by atoms with Crippen LogP contribution in [0.15, 0.2) is 0 Å². The van der Waals surface area contributed by atoms with Gasteiger partial charge >= 0.3 is 17.9 Å². The highest BCUT2D eigenvalue weighted by Crippen LogP contribution is 1.90. The summed E-state index contributed by atoms with van der Waals surface area (Å²) in [7, 11) is 0. The smallest absolute Gasteiger partial charge is 0.372 e. The predicted octanol–water partition coefficient (Wildman–Crippen LogP) is -0.829. The fourth-order valence-electron chi connectivity index (χ4n) is 0.428. The Kier molecular flexibility index (Phi) is 9.52. The molecule has 0 aromatic heterocycles. The van der Waals surface area contributed by atoms with Crippen LogP contribution in [0.4, 0.5) is 0 Å². The van der Waals surface area contributed by atoms with Gasteiger partial charge in [0.2, 0.25) is 5.78 Å². The first-order valence-electron chi connectivity index (χ1n) is 4.63. The van der Waals surface area contributed by atoms with E-state index in [4.69, 9.17) is 21.1 Å². The van der Waals surface area contributed by atoms with Gasteiger partial charge in [0.15, 0.2) is 0 Å². The predicted molar refractivity (Wildman–Crippen MR) is 55.4 cm³/mol. The molecule has 17 heavy (non-hydrogen) atoms. The summed E-state index contributed by atoms with van der Waals surface area (Å²) in [4.78, 5) is 39.6. The van der Waals surface area contributed by atoms with Crippen LogP contribution in [0.1, 0.15) is 19.8 Å². The number of hydrogen-bond donors (Lipinski definition) is 4. The molecule has 0 aromatic carbocycles. The van der Waals surface area contributed by atoms with E-state index in [1.54, 1.807) is 6.92 Å². The number of hydrogen-bond acceptors (Lipinski definition) is 5. The molecule has 98 valence electrons.